The third-order valence-corrected chi connectivity index (χ3v) is 4.33. The lowest BCUT2D eigenvalue weighted by molar-refractivity contribution is 0.298. The Morgan fingerprint density at radius 1 is 1.36 bits per heavy atom. The van der Waals surface area contributed by atoms with Gasteiger partial charge in [0, 0.05) is 0 Å². The molecule has 60 valence electrons. The van der Waals surface area contributed by atoms with E-state index < -0.39 is 0 Å². The predicted octanol–water partition coefficient (Wildman–Crippen LogP) is 2.85. The molecule has 0 heteroatoms. The van der Waals surface area contributed by atoms with Crippen LogP contribution in [0.5, 0.6) is 0 Å². The van der Waals surface area contributed by atoms with E-state index in [1.54, 1.807) is 0 Å². The summed E-state index contributed by atoms with van der Waals surface area (Å²) in [6.45, 7) is 4.81. The van der Waals surface area contributed by atoms with E-state index in [1.165, 1.54) is 12.8 Å². The third kappa shape index (κ3) is 0.617. The monoisotopic (exact) mass is 148 g/mol. The number of hydrogen-bond acceptors (Lipinski definition) is 0. The average molecular weight is 148 g/mol. The van der Waals surface area contributed by atoms with Gasteiger partial charge >= 0.3 is 0 Å². The van der Waals surface area contributed by atoms with Crippen LogP contribution < -0.4 is 0 Å². The molecule has 0 saturated heterocycles. The van der Waals surface area contributed by atoms with Crippen molar-refractivity contribution in [2.45, 2.75) is 26.7 Å². The highest BCUT2D eigenvalue weighted by Gasteiger charge is 2.61. The predicted molar refractivity (Wildman–Crippen MR) is 46.1 cm³/mol. The molecule has 2 saturated carbocycles. The summed E-state index contributed by atoms with van der Waals surface area (Å²) >= 11 is 0. The Hall–Kier alpha value is -0.260. The van der Waals surface area contributed by atoms with Crippen molar-refractivity contribution >= 4 is 0 Å². The van der Waals surface area contributed by atoms with Gasteiger partial charge in [0.05, 0.1) is 0 Å². The summed E-state index contributed by atoms with van der Waals surface area (Å²) in [4.78, 5) is 0. The van der Waals surface area contributed by atoms with Crippen LogP contribution in [0.25, 0.3) is 0 Å². The molecule has 0 aromatic carbocycles. The maximum absolute atomic E-state index is 2.48. The van der Waals surface area contributed by atoms with E-state index in [4.69, 9.17) is 0 Å². The molecular weight excluding hydrogens is 132 g/mol. The van der Waals surface area contributed by atoms with Crippen molar-refractivity contribution in [1.29, 1.82) is 0 Å². The summed E-state index contributed by atoms with van der Waals surface area (Å²) in [7, 11) is 0. The van der Waals surface area contributed by atoms with Crippen LogP contribution >= 0.6 is 0 Å². The summed E-state index contributed by atoms with van der Waals surface area (Å²) in [5.74, 6) is 5.33. The van der Waals surface area contributed by atoms with Crippen molar-refractivity contribution in [3.05, 3.63) is 11.6 Å². The molecule has 0 bridgehead atoms. The van der Waals surface area contributed by atoms with Crippen LogP contribution in [0.2, 0.25) is 0 Å². The van der Waals surface area contributed by atoms with Gasteiger partial charge in [-0.25, -0.2) is 0 Å². The topological polar surface area (TPSA) is 0 Å². The molecule has 0 aromatic heterocycles. The van der Waals surface area contributed by atoms with Crippen molar-refractivity contribution in [3.8, 4) is 0 Å². The molecule has 0 heterocycles. The fraction of sp³-hybridized carbons (Fsp3) is 0.818. The molecule has 0 amide bonds. The van der Waals surface area contributed by atoms with E-state index in [2.05, 4.69) is 19.9 Å². The fourth-order valence-electron chi connectivity index (χ4n) is 3.24. The summed E-state index contributed by atoms with van der Waals surface area (Å²) in [5.41, 5.74) is 1.82. The fourth-order valence-corrected chi connectivity index (χ4v) is 3.24. The molecular formula is C11H16. The molecule has 0 spiro atoms. The SMILES string of the molecule is CC1CC=C1C1CC2C(C)C12. The van der Waals surface area contributed by atoms with Gasteiger partial charge in [0.15, 0.2) is 0 Å². The maximum Gasteiger partial charge on any atom is -0.0164 e. The lowest BCUT2D eigenvalue weighted by atomic mass is 9.69. The minimum Gasteiger partial charge on any atom is -0.0842 e. The van der Waals surface area contributed by atoms with E-state index in [1.807, 2.05) is 5.57 Å². The van der Waals surface area contributed by atoms with Crippen LogP contribution in [-0.2, 0) is 0 Å². The van der Waals surface area contributed by atoms with Crippen LogP contribution in [-0.4, -0.2) is 0 Å². The minimum absolute atomic E-state index is 0.939. The van der Waals surface area contributed by atoms with Gasteiger partial charge in [0.25, 0.3) is 0 Å². The molecule has 0 N–H and O–H groups in total. The number of allylic oxidation sites excluding steroid dienone is 2. The summed E-state index contributed by atoms with van der Waals surface area (Å²) < 4.78 is 0. The van der Waals surface area contributed by atoms with Crippen LogP contribution in [0, 0.1) is 29.6 Å². The highest BCUT2D eigenvalue weighted by atomic mass is 14.7. The minimum atomic E-state index is 0.939. The standard InChI is InChI=1S/C11H16/c1-6-3-4-8(6)10-5-9-7(2)11(9)10/h4,6-7,9-11H,3,5H2,1-2H3. The Balaban J connectivity index is 1.74. The lowest BCUT2D eigenvalue weighted by Gasteiger charge is -2.36. The van der Waals surface area contributed by atoms with Crippen LogP contribution in [0.1, 0.15) is 26.7 Å². The molecule has 0 radical (unpaired) electrons. The molecule has 3 aliphatic carbocycles. The van der Waals surface area contributed by atoms with Crippen molar-refractivity contribution in [2.24, 2.45) is 29.6 Å². The molecule has 11 heavy (non-hydrogen) atoms. The molecule has 3 aliphatic rings. The zero-order chi connectivity index (χ0) is 7.59. The Kier molecular flexibility index (Phi) is 0.987. The number of hydrogen-bond donors (Lipinski definition) is 0. The highest BCUT2D eigenvalue weighted by Crippen LogP contribution is 2.68. The van der Waals surface area contributed by atoms with Gasteiger partial charge in [-0.3, -0.25) is 0 Å². The Bertz CT molecular complexity index is 222. The zero-order valence-electron chi connectivity index (χ0n) is 7.38. The first kappa shape index (κ1) is 6.28. The Labute approximate surface area is 68.7 Å². The van der Waals surface area contributed by atoms with Crippen LogP contribution in [0.4, 0.5) is 0 Å². The van der Waals surface area contributed by atoms with Gasteiger partial charge in [0.1, 0.15) is 0 Å². The molecule has 0 aromatic rings. The van der Waals surface area contributed by atoms with E-state index in [0.717, 1.165) is 29.6 Å². The molecule has 3 rings (SSSR count). The molecule has 5 atom stereocenters. The summed E-state index contributed by atoms with van der Waals surface area (Å²) in [5, 5.41) is 0. The van der Waals surface area contributed by atoms with E-state index >= 15 is 0 Å². The number of fused-ring (bicyclic) bond motifs is 1. The first-order valence-corrected chi connectivity index (χ1v) is 4.99. The van der Waals surface area contributed by atoms with Crippen molar-refractivity contribution in [2.75, 3.05) is 0 Å². The molecule has 5 unspecified atom stereocenters. The highest BCUT2D eigenvalue weighted by molar-refractivity contribution is 5.28. The largest absolute Gasteiger partial charge is 0.0842 e. The summed E-state index contributed by atoms with van der Waals surface area (Å²) in [6.07, 6.45) is 5.37. The number of rotatable bonds is 1. The quantitative estimate of drug-likeness (QED) is 0.502. The van der Waals surface area contributed by atoms with Crippen molar-refractivity contribution in [3.63, 3.8) is 0 Å². The van der Waals surface area contributed by atoms with Crippen molar-refractivity contribution in [1.82, 2.24) is 0 Å². The van der Waals surface area contributed by atoms with Gasteiger partial charge in [-0.05, 0) is 42.4 Å². The van der Waals surface area contributed by atoms with E-state index in [0.29, 0.717) is 0 Å². The maximum atomic E-state index is 2.48. The van der Waals surface area contributed by atoms with E-state index in [9.17, 15) is 0 Å². The Morgan fingerprint density at radius 2 is 2.18 bits per heavy atom. The second-order valence-corrected chi connectivity index (χ2v) is 4.78. The second-order valence-electron chi connectivity index (χ2n) is 4.78. The Morgan fingerprint density at radius 3 is 2.45 bits per heavy atom. The third-order valence-electron chi connectivity index (χ3n) is 4.33. The van der Waals surface area contributed by atoms with Gasteiger partial charge in [-0.1, -0.05) is 25.5 Å². The lowest BCUT2D eigenvalue weighted by Crippen LogP contribution is -2.25. The molecule has 2 fully saturated rings. The first-order chi connectivity index (χ1) is 5.29. The summed E-state index contributed by atoms with van der Waals surface area (Å²) in [6, 6.07) is 0. The molecule has 0 nitrogen and oxygen atoms in total. The van der Waals surface area contributed by atoms with Gasteiger partial charge in [-0.15, -0.1) is 0 Å². The average Bonchev–Trinajstić information content (AvgIpc) is 2.43. The van der Waals surface area contributed by atoms with Gasteiger partial charge in [-0.2, -0.15) is 0 Å². The molecule has 0 aliphatic heterocycles. The smallest absolute Gasteiger partial charge is 0.0164 e. The van der Waals surface area contributed by atoms with Crippen LogP contribution in [0.3, 0.4) is 0 Å². The first-order valence-electron chi connectivity index (χ1n) is 4.99. The van der Waals surface area contributed by atoms with E-state index in [-0.39, 0.29) is 0 Å². The van der Waals surface area contributed by atoms with Crippen molar-refractivity contribution < 1.29 is 0 Å². The van der Waals surface area contributed by atoms with Gasteiger partial charge < -0.3 is 0 Å². The zero-order valence-corrected chi connectivity index (χ0v) is 7.38. The van der Waals surface area contributed by atoms with Gasteiger partial charge in [0.2, 0.25) is 0 Å². The second kappa shape index (κ2) is 1.73. The van der Waals surface area contributed by atoms with Crippen LogP contribution in [0.15, 0.2) is 11.6 Å². The normalized spacial score (nSPS) is 58.7.